The highest BCUT2D eigenvalue weighted by molar-refractivity contribution is 4.85. The molecule has 0 bridgehead atoms. The van der Waals surface area contributed by atoms with E-state index in [1.807, 2.05) is 0 Å². The molecule has 2 atom stereocenters. The predicted molar refractivity (Wildman–Crippen MR) is 62.3 cm³/mol. The highest BCUT2D eigenvalue weighted by Crippen LogP contribution is 2.39. The highest BCUT2D eigenvalue weighted by Gasteiger charge is 2.31. The summed E-state index contributed by atoms with van der Waals surface area (Å²) in [5.41, 5.74) is 6.63. The van der Waals surface area contributed by atoms with Crippen LogP contribution in [0.2, 0.25) is 0 Å². The van der Waals surface area contributed by atoms with Crippen LogP contribution in [0.15, 0.2) is 0 Å². The normalized spacial score (nSPS) is 24.0. The van der Waals surface area contributed by atoms with Crippen molar-refractivity contribution in [1.82, 2.24) is 5.32 Å². The topological polar surface area (TPSA) is 38.0 Å². The van der Waals surface area contributed by atoms with Gasteiger partial charge in [0.05, 0.1) is 0 Å². The lowest BCUT2D eigenvalue weighted by Crippen LogP contribution is -2.44. The maximum atomic E-state index is 6.05. The Hall–Kier alpha value is -0.0800. The average Bonchev–Trinajstić information content (AvgIpc) is 2.13. The van der Waals surface area contributed by atoms with Gasteiger partial charge in [-0.05, 0) is 24.2 Å². The Bertz CT molecular complexity index is 164. The minimum absolute atomic E-state index is 0.323. The largest absolute Gasteiger partial charge is 0.326 e. The van der Waals surface area contributed by atoms with Crippen LogP contribution in [0.3, 0.4) is 0 Å². The molecule has 2 unspecified atom stereocenters. The summed E-state index contributed by atoms with van der Waals surface area (Å²) in [7, 11) is 0. The zero-order valence-electron chi connectivity index (χ0n) is 9.97. The fraction of sp³-hybridized carbons (Fsp3) is 1.00. The van der Waals surface area contributed by atoms with Crippen LogP contribution in [0, 0.1) is 11.3 Å². The lowest BCUT2D eigenvalue weighted by Gasteiger charge is -2.39. The molecule has 1 fully saturated rings. The van der Waals surface area contributed by atoms with E-state index in [1.54, 1.807) is 0 Å². The van der Waals surface area contributed by atoms with E-state index in [-0.39, 0.29) is 0 Å². The summed E-state index contributed by atoms with van der Waals surface area (Å²) in [5, 5.41) is 3.52. The summed E-state index contributed by atoms with van der Waals surface area (Å²) in [6.45, 7) is 8.94. The molecule has 0 aromatic heterocycles. The zero-order chi connectivity index (χ0) is 10.6. The van der Waals surface area contributed by atoms with Crippen molar-refractivity contribution in [3.8, 4) is 0 Å². The quantitative estimate of drug-likeness (QED) is 0.686. The van der Waals surface area contributed by atoms with Crippen molar-refractivity contribution in [2.75, 3.05) is 13.1 Å². The van der Waals surface area contributed by atoms with E-state index in [9.17, 15) is 0 Å². The summed E-state index contributed by atoms with van der Waals surface area (Å²) in [4.78, 5) is 0. The summed E-state index contributed by atoms with van der Waals surface area (Å²) in [5.74, 6) is 0.636. The second-order valence-corrected chi connectivity index (χ2v) is 5.34. The number of rotatable bonds is 6. The maximum Gasteiger partial charge on any atom is 0.0191 e. The molecule has 0 aromatic rings. The first-order valence-corrected chi connectivity index (χ1v) is 6.04. The third-order valence-corrected chi connectivity index (χ3v) is 3.87. The van der Waals surface area contributed by atoms with Crippen LogP contribution >= 0.6 is 0 Å². The third kappa shape index (κ3) is 3.25. The molecule has 0 saturated heterocycles. The summed E-state index contributed by atoms with van der Waals surface area (Å²) < 4.78 is 0. The van der Waals surface area contributed by atoms with Crippen molar-refractivity contribution in [3.63, 3.8) is 0 Å². The van der Waals surface area contributed by atoms with Gasteiger partial charge in [0, 0.05) is 19.1 Å². The molecule has 1 aliphatic carbocycles. The van der Waals surface area contributed by atoms with Crippen molar-refractivity contribution < 1.29 is 0 Å². The van der Waals surface area contributed by atoms with Gasteiger partial charge in [0.2, 0.25) is 0 Å². The number of hydrogen-bond donors (Lipinski definition) is 2. The van der Waals surface area contributed by atoms with Crippen molar-refractivity contribution in [2.45, 2.75) is 52.5 Å². The molecule has 0 spiro atoms. The number of hydrogen-bond acceptors (Lipinski definition) is 2. The summed E-state index contributed by atoms with van der Waals surface area (Å²) in [6.07, 6.45) is 5.37. The van der Waals surface area contributed by atoms with Gasteiger partial charge in [0.15, 0.2) is 0 Å². The molecule has 0 aliphatic heterocycles. The van der Waals surface area contributed by atoms with E-state index in [4.69, 9.17) is 5.73 Å². The van der Waals surface area contributed by atoms with Crippen LogP contribution in [-0.4, -0.2) is 19.1 Å². The Labute approximate surface area is 88.6 Å². The van der Waals surface area contributed by atoms with Gasteiger partial charge in [-0.3, -0.25) is 0 Å². The lowest BCUT2D eigenvalue weighted by atomic mass is 9.70. The Morgan fingerprint density at radius 1 is 1.43 bits per heavy atom. The first kappa shape index (κ1) is 12.0. The van der Waals surface area contributed by atoms with Crippen LogP contribution in [-0.2, 0) is 0 Å². The number of nitrogens with two attached hydrogens (primary N) is 1. The molecular weight excluding hydrogens is 172 g/mol. The molecule has 1 rings (SSSR count). The van der Waals surface area contributed by atoms with Crippen molar-refractivity contribution in [3.05, 3.63) is 0 Å². The van der Waals surface area contributed by atoms with Crippen molar-refractivity contribution in [2.24, 2.45) is 17.1 Å². The van der Waals surface area contributed by atoms with Gasteiger partial charge in [-0.25, -0.2) is 0 Å². The van der Waals surface area contributed by atoms with Gasteiger partial charge in [-0.2, -0.15) is 0 Å². The monoisotopic (exact) mass is 198 g/mol. The van der Waals surface area contributed by atoms with Gasteiger partial charge >= 0.3 is 0 Å². The lowest BCUT2D eigenvalue weighted by molar-refractivity contribution is 0.155. The maximum absolute atomic E-state index is 6.05. The predicted octanol–water partition coefficient (Wildman–Crippen LogP) is 2.14. The number of nitrogens with one attached hydrogen (secondary N) is 1. The molecule has 14 heavy (non-hydrogen) atoms. The molecule has 0 radical (unpaired) electrons. The molecule has 0 heterocycles. The summed E-state index contributed by atoms with van der Waals surface area (Å²) in [6, 6.07) is 0.323. The molecule has 0 aromatic carbocycles. The zero-order valence-corrected chi connectivity index (χ0v) is 9.97. The second kappa shape index (κ2) is 5.13. The fourth-order valence-corrected chi connectivity index (χ4v) is 2.00. The van der Waals surface area contributed by atoms with Gasteiger partial charge < -0.3 is 11.1 Å². The molecule has 1 aliphatic rings. The first-order valence-electron chi connectivity index (χ1n) is 6.04. The molecule has 2 heteroatoms. The molecule has 3 N–H and O–H groups in total. The molecule has 1 saturated carbocycles. The van der Waals surface area contributed by atoms with E-state index in [1.165, 1.54) is 25.7 Å². The third-order valence-electron chi connectivity index (χ3n) is 3.87. The van der Waals surface area contributed by atoms with E-state index in [2.05, 4.69) is 26.1 Å². The Balaban J connectivity index is 2.08. The summed E-state index contributed by atoms with van der Waals surface area (Å²) >= 11 is 0. The second-order valence-electron chi connectivity index (χ2n) is 5.34. The Morgan fingerprint density at radius 3 is 2.50 bits per heavy atom. The average molecular weight is 198 g/mol. The van der Waals surface area contributed by atoms with Crippen LogP contribution in [0.25, 0.3) is 0 Å². The van der Waals surface area contributed by atoms with Gasteiger partial charge in [0.1, 0.15) is 0 Å². The van der Waals surface area contributed by atoms with E-state index >= 15 is 0 Å². The molecule has 84 valence electrons. The minimum Gasteiger partial charge on any atom is -0.326 e. The SMILES string of the molecule is CCC(C)C(N)CNCC1(C)CCC1. The van der Waals surface area contributed by atoms with E-state index in [0.717, 1.165) is 13.1 Å². The van der Waals surface area contributed by atoms with E-state index < -0.39 is 0 Å². The van der Waals surface area contributed by atoms with Gasteiger partial charge in [-0.15, -0.1) is 0 Å². The Kier molecular flexibility index (Phi) is 4.39. The van der Waals surface area contributed by atoms with Gasteiger partial charge in [-0.1, -0.05) is 33.6 Å². The highest BCUT2D eigenvalue weighted by atomic mass is 14.9. The Morgan fingerprint density at radius 2 is 2.07 bits per heavy atom. The van der Waals surface area contributed by atoms with Crippen molar-refractivity contribution in [1.29, 1.82) is 0 Å². The first-order chi connectivity index (χ1) is 6.57. The molecular formula is C12H26N2. The minimum atomic E-state index is 0.323. The molecule has 0 amide bonds. The van der Waals surface area contributed by atoms with Crippen LogP contribution in [0.5, 0.6) is 0 Å². The fourth-order valence-electron chi connectivity index (χ4n) is 2.00. The van der Waals surface area contributed by atoms with Gasteiger partial charge in [0.25, 0.3) is 0 Å². The van der Waals surface area contributed by atoms with E-state index in [0.29, 0.717) is 17.4 Å². The molecule has 2 nitrogen and oxygen atoms in total. The van der Waals surface area contributed by atoms with Crippen LogP contribution in [0.4, 0.5) is 0 Å². The standard InChI is InChI=1S/C12H26N2/c1-4-10(2)11(13)8-14-9-12(3)6-5-7-12/h10-11,14H,4-9,13H2,1-3H3. The van der Waals surface area contributed by atoms with Crippen LogP contribution < -0.4 is 11.1 Å². The van der Waals surface area contributed by atoms with Crippen LogP contribution in [0.1, 0.15) is 46.5 Å². The smallest absolute Gasteiger partial charge is 0.0191 e. The van der Waals surface area contributed by atoms with Crippen molar-refractivity contribution >= 4 is 0 Å².